The topological polar surface area (TPSA) is 111 Å². The molecule has 1 aromatic heterocycles. The van der Waals surface area contributed by atoms with Crippen molar-refractivity contribution in [1.82, 2.24) is 20.5 Å². The summed E-state index contributed by atoms with van der Waals surface area (Å²) in [6.45, 7) is 3.93. The van der Waals surface area contributed by atoms with Crippen molar-refractivity contribution in [3.8, 4) is 0 Å². The Morgan fingerprint density at radius 1 is 1.11 bits per heavy atom. The second-order valence-electron chi connectivity index (χ2n) is 11.7. The second-order valence-corrected chi connectivity index (χ2v) is 11.7. The minimum absolute atomic E-state index is 0.0249. The van der Waals surface area contributed by atoms with E-state index in [2.05, 4.69) is 33.7 Å². The lowest BCUT2D eigenvalue weighted by Gasteiger charge is -2.31. The number of fused-ring (bicyclic) bond motifs is 2. The number of nitrogens with one attached hydrogen (secondary N) is 2. The molecule has 194 valence electrons. The van der Waals surface area contributed by atoms with Crippen LogP contribution in [0.1, 0.15) is 64.0 Å². The van der Waals surface area contributed by atoms with Crippen LogP contribution < -0.4 is 10.9 Å². The maximum atomic E-state index is 13.4. The van der Waals surface area contributed by atoms with E-state index in [-0.39, 0.29) is 35.4 Å². The maximum Gasteiger partial charge on any atom is 0.272 e. The normalized spacial score (nSPS) is 27.6. The van der Waals surface area contributed by atoms with Crippen LogP contribution in [0.5, 0.6) is 0 Å². The highest BCUT2D eigenvalue weighted by Gasteiger charge is 2.42. The van der Waals surface area contributed by atoms with Gasteiger partial charge in [-0.25, -0.2) is 5.10 Å². The van der Waals surface area contributed by atoms with Gasteiger partial charge in [-0.1, -0.05) is 36.4 Å². The summed E-state index contributed by atoms with van der Waals surface area (Å²) in [4.78, 5) is 25.6. The summed E-state index contributed by atoms with van der Waals surface area (Å²) < 4.78 is 0. The molecule has 2 fully saturated rings. The lowest BCUT2D eigenvalue weighted by atomic mass is 9.82. The number of amides is 1. The molecule has 1 amide bonds. The third-order valence-corrected chi connectivity index (χ3v) is 8.13. The Labute approximate surface area is 216 Å². The first-order valence-corrected chi connectivity index (χ1v) is 13.5. The molecule has 6 rings (SSSR count). The average Bonchev–Trinajstić information content (AvgIpc) is 3.67. The van der Waals surface area contributed by atoms with Crippen LogP contribution in [-0.2, 0) is 4.79 Å². The zero-order chi connectivity index (χ0) is 25.7. The zero-order valence-electron chi connectivity index (χ0n) is 21.5. The molecule has 0 spiro atoms. The molecule has 1 aromatic carbocycles. The summed E-state index contributed by atoms with van der Waals surface area (Å²) in [5.74, 6) is 0.663. The molecular weight excluding hydrogens is 466 g/mol. The van der Waals surface area contributed by atoms with Gasteiger partial charge in [-0.2, -0.15) is 10.2 Å². The van der Waals surface area contributed by atoms with Crippen LogP contribution in [0.15, 0.2) is 58.0 Å². The van der Waals surface area contributed by atoms with E-state index in [0.717, 1.165) is 36.8 Å². The number of aliphatic hydroxyl groups is 1. The number of aromatic amines is 1. The van der Waals surface area contributed by atoms with Gasteiger partial charge in [0.1, 0.15) is 5.71 Å². The SMILES string of the molecule is CC(C)(O)CN1N=C(C(=O)N[C@H]2CC[C@H](c3n[nH]c(=O)c4ccccc43)CC2)C2C=CC(C3CC3)=CC21. The number of β-amino-alcohol motifs (C(OH)–C–C–N with tert-alkyl or cyclic N) is 1. The minimum atomic E-state index is -0.910. The van der Waals surface area contributed by atoms with Crippen LogP contribution in [-0.4, -0.2) is 56.2 Å². The van der Waals surface area contributed by atoms with Gasteiger partial charge in [-0.15, -0.1) is 0 Å². The Kier molecular flexibility index (Phi) is 6.02. The van der Waals surface area contributed by atoms with E-state index >= 15 is 0 Å². The summed E-state index contributed by atoms with van der Waals surface area (Å²) in [6, 6.07) is 7.67. The van der Waals surface area contributed by atoms with Gasteiger partial charge in [0.25, 0.3) is 11.5 Å². The van der Waals surface area contributed by atoms with E-state index in [4.69, 9.17) is 5.10 Å². The Bertz CT molecular complexity index is 1360. The van der Waals surface area contributed by atoms with E-state index in [1.54, 1.807) is 13.8 Å². The third kappa shape index (κ3) is 4.87. The van der Waals surface area contributed by atoms with Gasteiger partial charge in [0.05, 0.1) is 35.2 Å². The molecule has 2 heterocycles. The van der Waals surface area contributed by atoms with Crippen LogP contribution in [0, 0.1) is 11.8 Å². The molecule has 0 radical (unpaired) electrons. The van der Waals surface area contributed by atoms with Crippen molar-refractivity contribution in [2.45, 2.75) is 76.0 Å². The van der Waals surface area contributed by atoms with Crippen molar-refractivity contribution < 1.29 is 9.90 Å². The smallest absolute Gasteiger partial charge is 0.272 e. The third-order valence-electron chi connectivity index (χ3n) is 8.13. The average molecular weight is 502 g/mol. The Hall–Kier alpha value is -3.26. The second kappa shape index (κ2) is 9.24. The van der Waals surface area contributed by atoms with Gasteiger partial charge in [-0.05, 0) is 69.9 Å². The van der Waals surface area contributed by atoms with Gasteiger partial charge >= 0.3 is 0 Å². The number of hydrogen-bond donors (Lipinski definition) is 3. The van der Waals surface area contributed by atoms with Crippen molar-refractivity contribution in [2.75, 3.05) is 6.54 Å². The number of carbonyl (C=O) groups excluding carboxylic acids is 1. The van der Waals surface area contributed by atoms with Crippen LogP contribution in [0.2, 0.25) is 0 Å². The highest BCUT2D eigenvalue weighted by molar-refractivity contribution is 6.40. The molecule has 2 atom stereocenters. The van der Waals surface area contributed by atoms with E-state index in [9.17, 15) is 14.7 Å². The molecule has 3 aliphatic carbocycles. The summed E-state index contributed by atoms with van der Waals surface area (Å²) in [5, 5.41) is 29.0. The summed E-state index contributed by atoms with van der Waals surface area (Å²) in [7, 11) is 0. The quantitative estimate of drug-likeness (QED) is 0.562. The first-order valence-electron chi connectivity index (χ1n) is 13.5. The number of allylic oxidation sites excluding steroid dienone is 2. The summed E-state index contributed by atoms with van der Waals surface area (Å²) in [6.07, 6.45) is 12.5. The van der Waals surface area contributed by atoms with E-state index in [0.29, 0.717) is 23.6 Å². The molecule has 4 aliphatic rings. The zero-order valence-corrected chi connectivity index (χ0v) is 21.5. The molecule has 0 saturated heterocycles. The van der Waals surface area contributed by atoms with Crippen molar-refractivity contribution in [2.24, 2.45) is 16.9 Å². The maximum absolute atomic E-state index is 13.4. The largest absolute Gasteiger partial charge is 0.389 e. The van der Waals surface area contributed by atoms with E-state index < -0.39 is 5.60 Å². The molecule has 8 nitrogen and oxygen atoms in total. The molecule has 8 heteroatoms. The Morgan fingerprint density at radius 3 is 2.51 bits per heavy atom. The molecule has 2 unspecified atom stereocenters. The molecule has 1 aliphatic heterocycles. The Balaban J connectivity index is 1.14. The van der Waals surface area contributed by atoms with Crippen LogP contribution in [0.4, 0.5) is 0 Å². The predicted octanol–water partition coefficient (Wildman–Crippen LogP) is 3.40. The fourth-order valence-electron chi connectivity index (χ4n) is 6.12. The summed E-state index contributed by atoms with van der Waals surface area (Å²) in [5.41, 5.74) is 1.74. The van der Waals surface area contributed by atoms with Crippen molar-refractivity contribution >= 4 is 22.4 Å². The molecular formula is C29H35N5O3. The molecule has 0 bridgehead atoms. The molecule has 2 saturated carbocycles. The molecule has 37 heavy (non-hydrogen) atoms. The monoisotopic (exact) mass is 501 g/mol. The highest BCUT2D eigenvalue weighted by Crippen LogP contribution is 2.41. The molecule has 2 aromatic rings. The van der Waals surface area contributed by atoms with Gasteiger partial charge in [0, 0.05) is 17.3 Å². The van der Waals surface area contributed by atoms with Crippen molar-refractivity contribution in [3.63, 3.8) is 0 Å². The lowest BCUT2D eigenvalue weighted by Crippen LogP contribution is -2.44. The van der Waals surface area contributed by atoms with Crippen LogP contribution in [0.3, 0.4) is 0 Å². The number of H-pyrrole nitrogens is 1. The fraction of sp³-hybridized carbons (Fsp3) is 0.517. The number of nitrogens with zero attached hydrogens (tertiary/aromatic N) is 3. The fourth-order valence-corrected chi connectivity index (χ4v) is 6.12. The summed E-state index contributed by atoms with van der Waals surface area (Å²) >= 11 is 0. The first kappa shape index (κ1) is 24.1. The number of aromatic nitrogens is 2. The Morgan fingerprint density at radius 2 is 1.81 bits per heavy atom. The molecule has 3 N–H and O–H groups in total. The highest BCUT2D eigenvalue weighted by atomic mass is 16.3. The van der Waals surface area contributed by atoms with Gasteiger partial charge in [0.15, 0.2) is 0 Å². The van der Waals surface area contributed by atoms with Crippen molar-refractivity contribution in [3.05, 3.63) is 64.1 Å². The first-order chi connectivity index (χ1) is 17.8. The predicted molar refractivity (Wildman–Crippen MR) is 143 cm³/mol. The number of benzene rings is 1. The van der Waals surface area contributed by atoms with Crippen LogP contribution >= 0.6 is 0 Å². The standard InChI is InChI=1S/C29H35N5O3/c1-29(2,37)16-34-24-15-19(17-7-8-17)11-14-23(24)26(33-34)28(36)30-20-12-9-18(10-13-20)25-21-5-3-4-6-22(21)27(35)32-31-25/h3-6,11,14-15,17-18,20,23-24,37H,7-10,12-13,16H2,1-2H3,(H,30,36)(H,32,35)/t18-,20-,23?,24?. The van der Waals surface area contributed by atoms with Gasteiger partial charge in [-0.3, -0.25) is 14.6 Å². The van der Waals surface area contributed by atoms with Gasteiger partial charge < -0.3 is 10.4 Å². The number of hydrazone groups is 1. The lowest BCUT2D eigenvalue weighted by molar-refractivity contribution is -0.115. The number of rotatable bonds is 6. The van der Waals surface area contributed by atoms with Crippen LogP contribution in [0.25, 0.3) is 10.8 Å². The van der Waals surface area contributed by atoms with E-state index in [1.165, 1.54) is 18.4 Å². The number of carbonyl (C=O) groups is 1. The van der Waals surface area contributed by atoms with E-state index in [1.807, 2.05) is 29.3 Å². The minimum Gasteiger partial charge on any atom is -0.389 e. The number of hydrogen-bond acceptors (Lipinski definition) is 6. The van der Waals surface area contributed by atoms with Gasteiger partial charge in [0.2, 0.25) is 0 Å². The van der Waals surface area contributed by atoms with Crippen molar-refractivity contribution in [1.29, 1.82) is 0 Å².